The number of hydrogen-bond acceptors (Lipinski definition) is 2. The molecular formula is C9H16N2. The van der Waals surface area contributed by atoms with Crippen LogP contribution in [0.1, 0.15) is 26.2 Å². The van der Waals surface area contributed by atoms with Crippen LogP contribution in [0.3, 0.4) is 0 Å². The van der Waals surface area contributed by atoms with Gasteiger partial charge in [0.2, 0.25) is 0 Å². The number of hydrogen-bond donors (Lipinski definition) is 1. The van der Waals surface area contributed by atoms with Gasteiger partial charge in [-0.25, -0.2) is 0 Å². The van der Waals surface area contributed by atoms with E-state index >= 15 is 0 Å². The maximum Gasteiger partial charge on any atom is 0.0220 e. The molecule has 0 unspecified atom stereocenters. The molecule has 0 amide bonds. The number of nitrogens with zero attached hydrogens (tertiary/aromatic N) is 1. The van der Waals surface area contributed by atoms with Crippen molar-refractivity contribution in [2.24, 2.45) is 0 Å². The summed E-state index contributed by atoms with van der Waals surface area (Å²) in [7, 11) is 0. The van der Waals surface area contributed by atoms with Gasteiger partial charge >= 0.3 is 0 Å². The zero-order valence-electron chi connectivity index (χ0n) is 7.09. The number of nitrogens with one attached hydrogen (secondary N) is 1. The third-order valence-corrected chi connectivity index (χ3v) is 1.74. The highest BCUT2D eigenvalue weighted by molar-refractivity contribution is 4.98. The van der Waals surface area contributed by atoms with E-state index < -0.39 is 0 Å². The molecular weight excluding hydrogens is 136 g/mol. The van der Waals surface area contributed by atoms with Gasteiger partial charge in [-0.1, -0.05) is 19.8 Å². The fraction of sp³-hybridized carbons (Fsp3) is 0.556. The molecule has 1 rings (SSSR count). The lowest BCUT2D eigenvalue weighted by Crippen LogP contribution is -2.16. The minimum absolute atomic E-state index is 1.14. The third kappa shape index (κ3) is 3.12. The van der Waals surface area contributed by atoms with E-state index in [-0.39, 0.29) is 0 Å². The Hall–Kier alpha value is -0.920. The third-order valence-electron chi connectivity index (χ3n) is 1.74. The van der Waals surface area contributed by atoms with E-state index in [0.29, 0.717) is 0 Å². The second kappa shape index (κ2) is 4.83. The quantitative estimate of drug-likeness (QED) is 0.620. The lowest BCUT2D eigenvalue weighted by molar-refractivity contribution is 0.467. The van der Waals surface area contributed by atoms with E-state index in [2.05, 4.69) is 29.5 Å². The van der Waals surface area contributed by atoms with E-state index in [4.69, 9.17) is 0 Å². The lowest BCUT2D eigenvalue weighted by Gasteiger charge is -2.17. The molecule has 0 aromatic heterocycles. The summed E-state index contributed by atoms with van der Waals surface area (Å²) >= 11 is 0. The van der Waals surface area contributed by atoms with Crippen LogP contribution in [0.2, 0.25) is 0 Å². The summed E-state index contributed by atoms with van der Waals surface area (Å²) in [5.41, 5.74) is 0. The average Bonchev–Trinajstić information content (AvgIpc) is 2.07. The molecule has 0 aliphatic carbocycles. The Morgan fingerprint density at radius 3 is 2.55 bits per heavy atom. The van der Waals surface area contributed by atoms with Crippen molar-refractivity contribution in [3.63, 3.8) is 0 Å². The van der Waals surface area contributed by atoms with Gasteiger partial charge in [0.25, 0.3) is 0 Å². The molecule has 62 valence electrons. The molecule has 0 atom stereocenters. The Morgan fingerprint density at radius 2 is 1.91 bits per heavy atom. The van der Waals surface area contributed by atoms with Crippen molar-refractivity contribution in [3.8, 4) is 0 Å². The highest BCUT2D eigenvalue weighted by Crippen LogP contribution is 2.01. The van der Waals surface area contributed by atoms with Gasteiger partial charge in [-0.2, -0.15) is 0 Å². The second-order valence-electron chi connectivity index (χ2n) is 2.74. The SMILES string of the molecule is CCCCCN1C=CNC=C1. The van der Waals surface area contributed by atoms with Crippen molar-refractivity contribution in [3.05, 3.63) is 24.8 Å². The predicted octanol–water partition coefficient (Wildman–Crippen LogP) is 2.02. The van der Waals surface area contributed by atoms with Crippen LogP contribution < -0.4 is 5.32 Å². The van der Waals surface area contributed by atoms with Gasteiger partial charge in [0.1, 0.15) is 0 Å². The molecule has 0 fully saturated rings. The molecule has 0 aromatic carbocycles. The van der Waals surface area contributed by atoms with E-state index in [0.717, 1.165) is 6.54 Å². The first-order valence-electron chi connectivity index (χ1n) is 4.28. The molecule has 1 N–H and O–H groups in total. The molecule has 1 heterocycles. The van der Waals surface area contributed by atoms with Crippen molar-refractivity contribution < 1.29 is 0 Å². The zero-order chi connectivity index (χ0) is 7.94. The van der Waals surface area contributed by atoms with Crippen molar-refractivity contribution >= 4 is 0 Å². The normalized spacial score (nSPS) is 15.2. The van der Waals surface area contributed by atoms with Crippen LogP contribution in [0.25, 0.3) is 0 Å². The van der Waals surface area contributed by atoms with E-state index in [9.17, 15) is 0 Å². The lowest BCUT2D eigenvalue weighted by atomic mass is 10.2. The maximum atomic E-state index is 3.00. The molecule has 0 saturated carbocycles. The Morgan fingerprint density at radius 1 is 1.18 bits per heavy atom. The largest absolute Gasteiger partial charge is 0.365 e. The molecule has 11 heavy (non-hydrogen) atoms. The topological polar surface area (TPSA) is 15.3 Å². The zero-order valence-corrected chi connectivity index (χ0v) is 7.09. The fourth-order valence-electron chi connectivity index (χ4n) is 1.08. The van der Waals surface area contributed by atoms with Crippen molar-refractivity contribution in [1.82, 2.24) is 10.2 Å². The van der Waals surface area contributed by atoms with Gasteiger partial charge in [-0.3, -0.25) is 0 Å². The summed E-state index contributed by atoms with van der Waals surface area (Å²) in [6.07, 6.45) is 11.9. The Balaban J connectivity index is 2.10. The predicted molar refractivity (Wildman–Crippen MR) is 47.6 cm³/mol. The van der Waals surface area contributed by atoms with Crippen molar-refractivity contribution in [2.45, 2.75) is 26.2 Å². The van der Waals surface area contributed by atoms with Gasteiger partial charge in [-0.15, -0.1) is 0 Å². The molecule has 2 heteroatoms. The molecule has 0 spiro atoms. The smallest absolute Gasteiger partial charge is 0.0220 e. The fourth-order valence-corrected chi connectivity index (χ4v) is 1.08. The van der Waals surface area contributed by atoms with Crippen molar-refractivity contribution in [2.75, 3.05) is 6.54 Å². The van der Waals surface area contributed by atoms with Crippen LogP contribution in [-0.2, 0) is 0 Å². The van der Waals surface area contributed by atoms with Crippen molar-refractivity contribution in [1.29, 1.82) is 0 Å². The van der Waals surface area contributed by atoms with Crippen LogP contribution in [0.5, 0.6) is 0 Å². The van der Waals surface area contributed by atoms with E-state index in [1.807, 2.05) is 12.4 Å². The Labute approximate surface area is 68.6 Å². The average molecular weight is 152 g/mol. The molecule has 1 aliphatic heterocycles. The summed E-state index contributed by atoms with van der Waals surface area (Å²) in [4.78, 5) is 2.20. The van der Waals surface area contributed by atoms with Gasteiger partial charge < -0.3 is 10.2 Å². The molecule has 0 radical (unpaired) electrons. The van der Waals surface area contributed by atoms with Gasteiger partial charge in [0.15, 0.2) is 0 Å². The molecule has 2 nitrogen and oxygen atoms in total. The maximum absolute atomic E-state index is 3.00. The van der Waals surface area contributed by atoms with Crippen LogP contribution in [0.4, 0.5) is 0 Å². The van der Waals surface area contributed by atoms with Crippen LogP contribution in [0.15, 0.2) is 24.8 Å². The molecule has 0 aromatic rings. The minimum Gasteiger partial charge on any atom is -0.365 e. The van der Waals surface area contributed by atoms with E-state index in [1.54, 1.807) is 0 Å². The first-order valence-corrected chi connectivity index (χ1v) is 4.28. The first kappa shape index (κ1) is 8.18. The summed E-state index contributed by atoms with van der Waals surface area (Å²) in [5, 5.41) is 3.00. The summed E-state index contributed by atoms with van der Waals surface area (Å²) in [5.74, 6) is 0. The van der Waals surface area contributed by atoms with Gasteiger partial charge in [0, 0.05) is 31.3 Å². The minimum atomic E-state index is 1.14. The van der Waals surface area contributed by atoms with Crippen LogP contribution >= 0.6 is 0 Å². The highest BCUT2D eigenvalue weighted by atomic mass is 15.1. The van der Waals surface area contributed by atoms with Crippen LogP contribution in [0, 0.1) is 0 Å². The van der Waals surface area contributed by atoms with Crippen LogP contribution in [-0.4, -0.2) is 11.4 Å². The molecule has 1 aliphatic rings. The second-order valence-corrected chi connectivity index (χ2v) is 2.74. The van der Waals surface area contributed by atoms with Gasteiger partial charge in [-0.05, 0) is 6.42 Å². The first-order chi connectivity index (χ1) is 5.43. The summed E-state index contributed by atoms with van der Waals surface area (Å²) in [6, 6.07) is 0. The monoisotopic (exact) mass is 152 g/mol. The number of rotatable bonds is 4. The summed E-state index contributed by atoms with van der Waals surface area (Å²) < 4.78 is 0. The summed E-state index contributed by atoms with van der Waals surface area (Å²) in [6.45, 7) is 3.37. The molecule has 0 bridgehead atoms. The Bertz CT molecular complexity index is 138. The highest BCUT2D eigenvalue weighted by Gasteiger charge is 1.95. The molecule has 0 saturated heterocycles. The number of unbranched alkanes of at least 4 members (excludes halogenated alkanes) is 2. The standard InChI is InChI=1S/C9H16N2/c1-2-3-4-7-11-8-5-10-6-9-11/h5-6,8-10H,2-4,7H2,1H3. The Kier molecular flexibility index (Phi) is 3.59. The van der Waals surface area contributed by atoms with E-state index in [1.165, 1.54) is 19.3 Å². The van der Waals surface area contributed by atoms with Gasteiger partial charge in [0.05, 0.1) is 0 Å².